The number of nitrogens with one attached hydrogen (secondary N) is 1. The van der Waals surface area contributed by atoms with Crippen LogP contribution in [0.5, 0.6) is 0 Å². The molecule has 6 heteroatoms. The summed E-state index contributed by atoms with van der Waals surface area (Å²) in [6.07, 6.45) is 0.667. The van der Waals surface area contributed by atoms with Gasteiger partial charge in [0.1, 0.15) is 0 Å². The van der Waals surface area contributed by atoms with E-state index in [0.717, 1.165) is 5.23 Å². The summed E-state index contributed by atoms with van der Waals surface area (Å²) in [5, 5.41) is 5.66. The van der Waals surface area contributed by atoms with E-state index in [1.54, 1.807) is 14.1 Å². The van der Waals surface area contributed by atoms with E-state index >= 15 is 0 Å². The van der Waals surface area contributed by atoms with E-state index in [0.29, 0.717) is 6.08 Å². The molecule has 0 aliphatic carbocycles. The number of hydrogen-bond acceptors (Lipinski definition) is 4. The van der Waals surface area contributed by atoms with Crippen molar-refractivity contribution in [2.45, 2.75) is 0 Å². The van der Waals surface area contributed by atoms with Crippen molar-refractivity contribution < 1.29 is 8.78 Å². The van der Waals surface area contributed by atoms with Crippen LogP contribution in [0.4, 0.5) is 8.78 Å². The molecule has 0 amide bonds. The van der Waals surface area contributed by atoms with Gasteiger partial charge in [-0.25, -0.2) is 5.43 Å². The molecule has 0 aromatic heterocycles. The lowest BCUT2D eigenvalue weighted by atomic mass is 10.6. The van der Waals surface area contributed by atoms with E-state index in [4.69, 9.17) is 0 Å². The van der Waals surface area contributed by atoms with Crippen molar-refractivity contribution in [2.75, 3.05) is 14.1 Å². The van der Waals surface area contributed by atoms with Gasteiger partial charge in [0.2, 0.25) is 11.9 Å². The monoisotopic (exact) mass is 162 g/mol. The van der Waals surface area contributed by atoms with E-state index in [1.165, 1.54) is 5.01 Å². The second-order valence-electron chi connectivity index (χ2n) is 2.16. The standard InChI is InChI=1S/C5H8F2N4/c1-10(2)11-8-4(6)3-5(7)9-11/h3,8H,1-2H3. The molecule has 4 nitrogen and oxygen atoms in total. The summed E-state index contributed by atoms with van der Waals surface area (Å²) < 4.78 is 24.8. The molecular weight excluding hydrogens is 154 g/mol. The second-order valence-corrected chi connectivity index (χ2v) is 2.16. The first kappa shape index (κ1) is 7.93. The van der Waals surface area contributed by atoms with Crippen LogP contribution >= 0.6 is 0 Å². The Kier molecular flexibility index (Phi) is 2.04. The summed E-state index contributed by atoms with van der Waals surface area (Å²) in [6.45, 7) is 0. The topological polar surface area (TPSA) is 30.9 Å². The minimum atomic E-state index is -0.866. The largest absolute Gasteiger partial charge is 0.241 e. The highest BCUT2D eigenvalue weighted by Crippen LogP contribution is 2.04. The molecule has 0 saturated carbocycles. The van der Waals surface area contributed by atoms with Gasteiger partial charge in [-0.15, -0.1) is 10.3 Å². The van der Waals surface area contributed by atoms with E-state index < -0.39 is 11.9 Å². The van der Waals surface area contributed by atoms with Gasteiger partial charge in [0.25, 0.3) is 0 Å². The van der Waals surface area contributed by atoms with Crippen molar-refractivity contribution in [1.82, 2.24) is 15.7 Å². The van der Waals surface area contributed by atoms with Crippen molar-refractivity contribution in [3.63, 3.8) is 0 Å². The number of hydrogen-bond donors (Lipinski definition) is 1. The lowest BCUT2D eigenvalue weighted by molar-refractivity contribution is -0.0253. The van der Waals surface area contributed by atoms with Crippen molar-refractivity contribution >= 4 is 5.97 Å². The van der Waals surface area contributed by atoms with Crippen molar-refractivity contribution in [1.29, 1.82) is 0 Å². The minimum Gasteiger partial charge on any atom is -0.241 e. The van der Waals surface area contributed by atoms with Crippen LogP contribution in [-0.2, 0) is 0 Å². The van der Waals surface area contributed by atoms with Crippen molar-refractivity contribution in [3.05, 3.63) is 12.0 Å². The molecular formula is C5H8F2N4. The maximum Gasteiger partial charge on any atom is 0.238 e. The van der Waals surface area contributed by atoms with Crippen LogP contribution in [0.15, 0.2) is 17.1 Å². The maximum atomic E-state index is 12.4. The van der Waals surface area contributed by atoms with E-state index in [9.17, 15) is 8.78 Å². The van der Waals surface area contributed by atoms with Gasteiger partial charge in [0.15, 0.2) is 0 Å². The molecule has 1 heterocycles. The Balaban J connectivity index is 2.71. The summed E-state index contributed by atoms with van der Waals surface area (Å²) in [4.78, 5) is 0. The summed E-state index contributed by atoms with van der Waals surface area (Å²) >= 11 is 0. The first-order valence-corrected chi connectivity index (χ1v) is 2.95. The molecule has 11 heavy (non-hydrogen) atoms. The van der Waals surface area contributed by atoms with Crippen LogP contribution in [0.25, 0.3) is 0 Å². The predicted octanol–water partition coefficient (Wildman–Crippen LogP) is 0.377. The number of allylic oxidation sites excluding steroid dienone is 1. The average molecular weight is 162 g/mol. The summed E-state index contributed by atoms with van der Waals surface area (Å²) in [6, 6.07) is 0. The van der Waals surface area contributed by atoms with Crippen LogP contribution < -0.4 is 5.43 Å². The Morgan fingerprint density at radius 2 is 2.18 bits per heavy atom. The fraction of sp³-hybridized carbons (Fsp3) is 0.400. The molecule has 1 aliphatic heterocycles. The molecule has 0 spiro atoms. The zero-order valence-electron chi connectivity index (χ0n) is 6.17. The highest BCUT2D eigenvalue weighted by Gasteiger charge is 2.13. The third kappa shape index (κ3) is 1.87. The Hall–Kier alpha value is -1.17. The molecule has 62 valence electrons. The molecule has 0 radical (unpaired) electrons. The summed E-state index contributed by atoms with van der Waals surface area (Å²) in [5.41, 5.74) is 2.17. The van der Waals surface area contributed by atoms with E-state index in [2.05, 4.69) is 10.5 Å². The molecule has 1 N–H and O–H groups in total. The van der Waals surface area contributed by atoms with Crippen LogP contribution in [0.1, 0.15) is 0 Å². The van der Waals surface area contributed by atoms with Crippen LogP contribution in [0.2, 0.25) is 0 Å². The van der Waals surface area contributed by atoms with Gasteiger partial charge in [-0.05, 0) is 0 Å². The van der Waals surface area contributed by atoms with Gasteiger partial charge in [-0.1, -0.05) is 0 Å². The van der Waals surface area contributed by atoms with Gasteiger partial charge in [-0.3, -0.25) is 0 Å². The molecule has 1 rings (SSSR count). The lowest BCUT2D eigenvalue weighted by Crippen LogP contribution is -2.44. The van der Waals surface area contributed by atoms with Gasteiger partial charge in [0, 0.05) is 20.2 Å². The fourth-order valence-electron chi connectivity index (χ4n) is 0.566. The van der Waals surface area contributed by atoms with Crippen LogP contribution in [0.3, 0.4) is 0 Å². The summed E-state index contributed by atoms with van der Waals surface area (Å²) in [5.74, 6) is -1.64. The van der Waals surface area contributed by atoms with Gasteiger partial charge < -0.3 is 0 Å². The third-order valence-corrected chi connectivity index (χ3v) is 1.02. The van der Waals surface area contributed by atoms with Crippen LogP contribution in [0, 0.1) is 0 Å². The minimum absolute atomic E-state index is 0.667. The highest BCUT2D eigenvalue weighted by molar-refractivity contribution is 5.87. The zero-order chi connectivity index (χ0) is 8.43. The van der Waals surface area contributed by atoms with Crippen LogP contribution in [-0.4, -0.2) is 30.3 Å². The first-order valence-electron chi connectivity index (χ1n) is 2.95. The summed E-state index contributed by atoms with van der Waals surface area (Å²) in [7, 11) is 3.20. The number of halogens is 2. The Bertz CT molecular complexity index is 211. The maximum absolute atomic E-state index is 12.4. The SMILES string of the molecule is CN(C)N1N=C(F)C=C(F)N1. The smallest absolute Gasteiger partial charge is 0.238 e. The molecule has 0 aromatic rings. The van der Waals surface area contributed by atoms with Gasteiger partial charge in [-0.2, -0.15) is 13.8 Å². The molecule has 0 unspecified atom stereocenters. The third-order valence-electron chi connectivity index (χ3n) is 1.02. The number of nitrogens with zero attached hydrogens (tertiary/aromatic N) is 3. The Morgan fingerprint density at radius 3 is 2.64 bits per heavy atom. The quantitative estimate of drug-likeness (QED) is 0.565. The number of hydrazone groups is 1. The Labute approximate surface area is 62.7 Å². The van der Waals surface area contributed by atoms with Gasteiger partial charge in [0.05, 0.1) is 0 Å². The van der Waals surface area contributed by atoms with E-state index in [1.807, 2.05) is 0 Å². The van der Waals surface area contributed by atoms with Gasteiger partial charge >= 0.3 is 0 Å². The fourth-order valence-corrected chi connectivity index (χ4v) is 0.566. The molecule has 0 fully saturated rings. The predicted molar refractivity (Wildman–Crippen MR) is 36.4 cm³/mol. The normalized spacial score (nSPS) is 17.7. The highest BCUT2D eigenvalue weighted by atomic mass is 19.1. The number of rotatable bonds is 1. The first-order chi connectivity index (χ1) is 5.09. The second kappa shape index (κ2) is 2.83. The molecule has 0 saturated heterocycles. The number of hydrazine groups is 2. The lowest BCUT2D eigenvalue weighted by Gasteiger charge is -2.26. The molecule has 0 bridgehead atoms. The molecule has 0 aromatic carbocycles. The molecule has 0 atom stereocenters. The average Bonchev–Trinajstić information content (AvgIpc) is 1.85. The Morgan fingerprint density at radius 1 is 1.55 bits per heavy atom. The van der Waals surface area contributed by atoms with Crippen molar-refractivity contribution in [3.8, 4) is 0 Å². The molecule has 1 aliphatic rings. The van der Waals surface area contributed by atoms with E-state index in [-0.39, 0.29) is 0 Å². The van der Waals surface area contributed by atoms with Crippen molar-refractivity contribution in [2.24, 2.45) is 5.10 Å². The zero-order valence-corrected chi connectivity index (χ0v) is 6.17.